The molecule has 0 radical (unpaired) electrons. The maximum atomic E-state index is 11.9. The molecule has 0 saturated heterocycles. The third-order valence-corrected chi connectivity index (χ3v) is 3.90. The molecule has 0 aliphatic rings. The summed E-state index contributed by atoms with van der Waals surface area (Å²) >= 11 is 1.60. The van der Waals surface area contributed by atoms with Gasteiger partial charge in [0.15, 0.2) is 0 Å². The van der Waals surface area contributed by atoms with Crippen LogP contribution in [0.15, 0.2) is 29.6 Å². The van der Waals surface area contributed by atoms with Crippen molar-refractivity contribution in [2.75, 3.05) is 6.54 Å². The summed E-state index contributed by atoms with van der Waals surface area (Å²) in [5.74, 6) is 0.0327. The minimum absolute atomic E-state index is 0.171. The molecular weight excluding hydrogens is 286 g/mol. The summed E-state index contributed by atoms with van der Waals surface area (Å²) in [6, 6.07) is 6.11. The first-order chi connectivity index (χ1) is 10.0. The molecule has 1 heterocycles. The minimum Gasteiger partial charge on any atom is -0.508 e. The molecule has 0 aliphatic carbocycles. The number of carbonyl (C=O) groups excluding carboxylic acids is 1. The third kappa shape index (κ3) is 4.84. The van der Waals surface area contributed by atoms with Crippen molar-refractivity contribution in [2.45, 2.75) is 25.8 Å². The van der Waals surface area contributed by atoms with Crippen molar-refractivity contribution in [1.29, 1.82) is 0 Å². The Kier molecular flexibility index (Phi) is 5.30. The average molecular weight is 305 g/mol. The first-order valence-electron chi connectivity index (χ1n) is 6.77. The molecule has 4 N–H and O–H groups in total. The standard InChI is InChI=1S/C15H19N3O2S/c1-10-18-12(9-21-10)6-7-17-15(20)14(16)8-11-2-4-13(19)5-3-11/h2-5,9,14,19H,6-8,16H2,1H3,(H,17,20)/t14-/m1/s1. The van der Waals surface area contributed by atoms with Gasteiger partial charge in [-0.2, -0.15) is 0 Å². The van der Waals surface area contributed by atoms with Crippen LogP contribution >= 0.6 is 11.3 Å². The van der Waals surface area contributed by atoms with E-state index in [2.05, 4.69) is 10.3 Å². The zero-order chi connectivity index (χ0) is 15.2. The largest absolute Gasteiger partial charge is 0.508 e. The van der Waals surface area contributed by atoms with Gasteiger partial charge in [0, 0.05) is 18.3 Å². The maximum absolute atomic E-state index is 11.9. The number of nitrogens with one attached hydrogen (secondary N) is 1. The predicted octanol–water partition coefficient (Wildman–Crippen LogP) is 1.39. The van der Waals surface area contributed by atoms with E-state index in [0.717, 1.165) is 16.3 Å². The summed E-state index contributed by atoms with van der Waals surface area (Å²) in [5.41, 5.74) is 7.80. The second kappa shape index (κ2) is 7.19. The Morgan fingerprint density at radius 1 is 1.43 bits per heavy atom. The zero-order valence-electron chi connectivity index (χ0n) is 11.9. The normalized spacial score (nSPS) is 12.1. The molecular formula is C15H19N3O2S. The summed E-state index contributed by atoms with van der Waals surface area (Å²) in [6.45, 7) is 2.49. The molecule has 0 bridgehead atoms. The van der Waals surface area contributed by atoms with Crippen LogP contribution in [0.5, 0.6) is 5.75 Å². The second-order valence-corrected chi connectivity index (χ2v) is 5.94. The number of aromatic hydroxyl groups is 1. The van der Waals surface area contributed by atoms with Gasteiger partial charge in [-0.15, -0.1) is 11.3 Å². The lowest BCUT2D eigenvalue weighted by Crippen LogP contribution is -2.42. The van der Waals surface area contributed by atoms with Gasteiger partial charge in [-0.05, 0) is 31.0 Å². The summed E-state index contributed by atoms with van der Waals surface area (Å²) in [5, 5.41) is 15.1. The maximum Gasteiger partial charge on any atom is 0.237 e. The number of benzene rings is 1. The number of carbonyl (C=O) groups is 1. The number of aryl methyl sites for hydroxylation is 1. The Hall–Kier alpha value is -1.92. The number of rotatable bonds is 6. The number of phenols is 1. The van der Waals surface area contributed by atoms with E-state index in [4.69, 9.17) is 5.73 Å². The molecule has 2 rings (SSSR count). The second-order valence-electron chi connectivity index (χ2n) is 4.88. The van der Waals surface area contributed by atoms with Gasteiger partial charge in [0.1, 0.15) is 5.75 Å². The van der Waals surface area contributed by atoms with Crippen LogP contribution in [0.25, 0.3) is 0 Å². The number of hydrogen-bond donors (Lipinski definition) is 3. The molecule has 5 nitrogen and oxygen atoms in total. The van der Waals surface area contributed by atoms with Crippen molar-refractivity contribution in [2.24, 2.45) is 5.73 Å². The number of phenolic OH excluding ortho intramolecular Hbond substituents is 1. The molecule has 112 valence electrons. The minimum atomic E-state index is -0.591. The molecule has 21 heavy (non-hydrogen) atoms. The smallest absolute Gasteiger partial charge is 0.237 e. The van der Waals surface area contributed by atoms with E-state index in [-0.39, 0.29) is 11.7 Å². The Balaban J connectivity index is 1.75. The number of nitrogens with two attached hydrogens (primary N) is 1. The quantitative estimate of drug-likeness (QED) is 0.752. The lowest BCUT2D eigenvalue weighted by molar-refractivity contribution is -0.122. The summed E-state index contributed by atoms with van der Waals surface area (Å²) in [4.78, 5) is 16.2. The van der Waals surface area contributed by atoms with E-state index in [1.165, 1.54) is 0 Å². The van der Waals surface area contributed by atoms with E-state index in [9.17, 15) is 9.90 Å². The molecule has 2 aromatic rings. The van der Waals surface area contributed by atoms with Gasteiger partial charge in [-0.3, -0.25) is 4.79 Å². The first kappa shape index (κ1) is 15.5. The fraction of sp³-hybridized carbons (Fsp3) is 0.333. The molecule has 1 aromatic heterocycles. The van der Waals surface area contributed by atoms with Crippen molar-refractivity contribution < 1.29 is 9.90 Å². The van der Waals surface area contributed by atoms with Crippen molar-refractivity contribution >= 4 is 17.2 Å². The van der Waals surface area contributed by atoms with Gasteiger partial charge in [0.25, 0.3) is 0 Å². The number of thiazole rings is 1. The van der Waals surface area contributed by atoms with Crippen LogP contribution in [0, 0.1) is 6.92 Å². The van der Waals surface area contributed by atoms with Gasteiger partial charge in [0.05, 0.1) is 16.7 Å². The van der Waals surface area contributed by atoms with E-state index < -0.39 is 6.04 Å². The zero-order valence-corrected chi connectivity index (χ0v) is 12.7. The Morgan fingerprint density at radius 3 is 2.76 bits per heavy atom. The Morgan fingerprint density at radius 2 is 2.14 bits per heavy atom. The molecule has 6 heteroatoms. The average Bonchev–Trinajstić information content (AvgIpc) is 2.87. The number of hydrogen-bond acceptors (Lipinski definition) is 5. The monoisotopic (exact) mass is 305 g/mol. The molecule has 0 saturated carbocycles. The summed E-state index contributed by atoms with van der Waals surface area (Å²) in [6.07, 6.45) is 1.16. The van der Waals surface area contributed by atoms with E-state index in [1.807, 2.05) is 12.3 Å². The van der Waals surface area contributed by atoms with Crippen LogP contribution in [0.3, 0.4) is 0 Å². The van der Waals surface area contributed by atoms with Crippen LogP contribution in [0.1, 0.15) is 16.3 Å². The van der Waals surface area contributed by atoms with Crippen molar-refractivity contribution in [1.82, 2.24) is 10.3 Å². The van der Waals surface area contributed by atoms with Crippen molar-refractivity contribution in [3.63, 3.8) is 0 Å². The number of amides is 1. The molecule has 0 aliphatic heterocycles. The highest BCUT2D eigenvalue weighted by Crippen LogP contribution is 2.11. The predicted molar refractivity (Wildman–Crippen MR) is 83.4 cm³/mol. The highest BCUT2D eigenvalue weighted by Gasteiger charge is 2.13. The van der Waals surface area contributed by atoms with Gasteiger partial charge in [0.2, 0.25) is 5.91 Å². The lowest BCUT2D eigenvalue weighted by atomic mass is 10.1. The fourth-order valence-electron chi connectivity index (χ4n) is 1.95. The van der Waals surface area contributed by atoms with Crippen LogP contribution in [0.4, 0.5) is 0 Å². The van der Waals surface area contributed by atoms with Gasteiger partial charge in [-0.1, -0.05) is 12.1 Å². The summed E-state index contributed by atoms with van der Waals surface area (Å²) in [7, 11) is 0. The van der Waals surface area contributed by atoms with Crippen molar-refractivity contribution in [3.05, 3.63) is 45.9 Å². The van der Waals surface area contributed by atoms with E-state index in [0.29, 0.717) is 19.4 Å². The van der Waals surface area contributed by atoms with Gasteiger partial charge < -0.3 is 16.2 Å². The van der Waals surface area contributed by atoms with Crippen molar-refractivity contribution in [3.8, 4) is 5.75 Å². The number of aromatic nitrogens is 1. The van der Waals surface area contributed by atoms with Gasteiger partial charge in [-0.25, -0.2) is 4.98 Å². The highest BCUT2D eigenvalue weighted by atomic mass is 32.1. The SMILES string of the molecule is Cc1nc(CCNC(=O)[C@H](N)Cc2ccc(O)cc2)cs1. The van der Waals surface area contributed by atoms with E-state index >= 15 is 0 Å². The van der Waals surface area contributed by atoms with Crippen LogP contribution in [-0.2, 0) is 17.6 Å². The third-order valence-electron chi connectivity index (χ3n) is 3.08. The first-order valence-corrected chi connectivity index (χ1v) is 7.65. The number of nitrogens with zero attached hydrogens (tertiary/aromatic N) is 1. The van der Waals surface area contributed by atoms with E-state index in [1.54, 1.807) is 35.6 Å². The molecule has 1 atom stereocenters. The molecule has 1 amide bonds. The fourth-order valence-corrected chi connectivity index (χ4v) is 2.59. The van der Waals surface area contributed by atoms with Crippen LogP contribution in [0.2, 0.25) is 0 Å². The lowest BCUT2D eigenvalue weighted by Gasteiger charge is -2.12. The van der Waals surface area contributed by atoms with Crippen LogP contribution < -0.4 is 11.1 Å². The molecule has 0 spiro atoms. The van der Waals surface area contributed by atoms with Crippen LogP contribution in [-0.4, -0.2) is 28.6 Å². The Labute approximate surface area is 127 Å². The molecule has 0 fully saturated rings. The highest BCUT2D eigenvalue weighted by molar-refractivity contribution is 7.09. The molecule has 1 aromatic carbocycles. The topological polar surface area (TPSA) is 88.2 Å². The summed E-state index contributed by atoms with van der Waals surface area (Å²) < 4.78 is 0. The van der Waals surface area contributed by atoms with Gasteiger partial charge >= 0.3 is 0 Å². The Bertz CT molecular complexity index is 595. The molecule has 0 unspecified atom stereocenters.